The largest absolute Gasteiger partial charge is 0.506 e. The first-order chi connectivity index (χ1) is 11.6. The third kappa shape index (κ3) is 3.80. The highest BCUT2D eigenvalue weighted by Gasteiger charge is 2.43. The number of carbonyl (C=O) groups is 2. The van der Waals surface area contributed by atoms with Gasteiger partial charge in [0.2, 0.25) is 0 Å². The van der Waals surface area contributed by atoms with E-state index >= 15 is 0 Å². The van der Waals surface area contributed by atoms with Crippen LogP contribution in [-0.2, 0) is 9.59 Å². The van der Waals surface area contributed by atoms with Crippen molar-refractivity contribution in [1.29, 1.82) is 0 Å². The van der Waals surface area contributed by atoms with E-state index in [9.17, 15) is 19.8 Å². The van der Waals surface area contributed by atoms with E-state index in [0.29, 0.717) is 18.7 Å². The van der Waals surface area contributed by atoms with E-state index in [-0.39, 0.29) is 28.0 Å². The third-order valence-corrected chi connectivity index (χ3v) is 4.47. The molecule has 0 aliphatic carbocycles. The normalized spacial score (nSPS) is 18.0. The Morgan fingerprint density at radius 3 is 2.48 bits per heavy atom. The molecule has 0 saturated heterocycles. The van der Waals surface area contributed by atoms with E-state index in [4.69, 9.17) is 11.6 Å². The Morgan fingerprint density at radius 1 is 1.32 bits per heavy atom. The number of nitrogens with zero attached hydrogens (tertiary/aromatic N) is 2. The van der Waals surface area contributed by atoms with Crippen molar-refractivity contribution in [3.05, 3.63) is 40.1 Å². The van der Waals surface area contributed by atoms with Gasteiger partial charge in [0.15, 0.2) is 11.5 Å². The van der Waals surface area contributed by atoms with Gasteiger partial charge < -0.3 is 20.0 Å². The average Bonchev–Trinajstić information content (AvgIpc) is 2.79. The van der Waals surface area contributed by atoms with Crippen LogP contribution in [0.2, 0.25) is 5.02 Å². The SMILES string of the molecule is CC(C)C(=O)C1=C(O)C(=O)N(CCN(C)C)C1c1ccc(O)c(Cl)c1. The maximum atomic E-state index is 12.6. The number of aromatic hydroxyl groups is 1. The van der Waals surface area contributed by atoms with Gasteiger partial charge in [-0.25, -0.2) is 0 Å². The van der Waals surface area contributed by atoms with Gasteiger partial charge >= 0.3 is 0 Å². The van der Waals surface area contributed by atoms with Gasteiger partial charge in [0, 0.05) is 19.0 Å². The van der Waals surface area contributed by atoms with Gasteiger partial charge in [-0.15, -0.1) is 0 Å². The number of phenolic OH excluding ortho intramolecular Hbond substituents is 1. The van der Waals surface area contributed by atoms with Crippen molar-refractivity contribution in [2.45, 2.75) is 19.9 Å². The zero-order chi connectivity index (χ0) is 18.9. The summed E-state index contributed by atoms with van der Waals surface area (Å²) >= 11 is 6.00. The lowest BCUT2D eigenvalue weighted by atomic mass is 9.91. The second-order valence-corrected chi connectivity index (χ2v) is 7.10. The molecule has 0 fully saturated rings. The fraction of sp³-hybridized carbons (Fsp3) is 0.444. The molecule has 1 heterocycles. The number of rotatable bonds is 6. The predicted molar refractivity (Wildman–Crippen MR) is 95.6 cm³/mol. The molecule has 1 unspecified atom stereocenters. The summed E-state index contributed by atoms with van der Waals surface area (Å²) in [5, 5.41) is 20.1. The number of ketones is 1. The van der Waals surface area contributed by atoms with Crippen LogP contribution in [0, 0.1) is 5.92 Å². The summed E-state index contributed by atoms with van der Waals surface area (Å²) < 4.78 is 0. The van der Waals surface area contributed by atoms with E-state index in [2.05, 4.69) is 0 Å². The molecule has 1 atom stereocenters. The minimum atomic E-state index is -0.722. The zero-order valence-corrected chi connectivity index (χ0v) is 15.5. The number of benzene rings is 1. The number of aliphatic hydroxyl groups is 1. The Bertz CT molecular complexity index is 728. The van der Waals surface area contributed by atoms with Crippen LogP contribution in [0.5, 0.6) is 5.75 Å². The predicted octanol–water partition coefficient (Wildman–Crippen LogP) is 2.53. The van der Waals surface area contributed by atoms with Crippen LogP contribution in [0.3, 0.4) is 0 Å². The first-order valence-corrected chi connectivity index (χ1v) is 8.44. The van der Waals surface area contributed by atoms with Crippen molar-refractivity contribution in [1.82, 2.24) is 9.80 Å². The standard InChI is InChI=1S/C18H23ClN2O4/c1-10(2)16(23)14-15(11-5-6-13(22)12(19)9-11)21(8-7-20(3)4)18(25)17(14)24/h5-6,9-10,15,22,24H,7-8H2,1-4H3. The number of hydrogen-bond donors (Lipinski definition) is 2. The molecule has 0 spiro atoms. The fourth-order valence-corrected chi connectivity index (χ4v) is 2.98. The van der Waals surface area contributed by atoms with Crippen molar-refractivity contribution < 1.29 is 19.8 Å². The smallest absolute Gasteiger partial charge is 0.290 e. The van der Waals surface area contributed by atoms with Crippen LogP contribution >= 0.6 is 11.6 Å². The average molecular weight is 367 g/mol. The first-order valence-electron chi connectivity index (χ1n) is 8.06. The molecule has 1 amide bonds. The van der Waals surface area contributed by atoms with E-state index in [1.165, 1.54) is 17.0 Å². The minimum absolute atomic E-state index is 0.0838. The van der Waals surface area contributed by atoms with Gasteiger partial charge in [0.05, 0.1) is 16.6 Å². The van der Waals surface area contributed by atoms with Crippen molar-refractivity contribution in [2.75, 3.05) is 27.2 Å². The highest BCUT2D eigenvalue weighted by Crippen LogP contribution is 2.40. The van der Waals surface area contributed by atoms with Gasteiger partial charge in [-0.2, -0.15) is 0 Å². The Kier molecular flexibility index (Phi) is 5.75. The second kappa shape index (κ2) is 7.45. The molecule has 0 radical (unpaired) electrons. The van der Waals surface area contributed by atoms with Gasteiger partial charge in [-0.3, -0.25) is 9.59 Å². The van der Waals surface area contributed by atoms with Gasteiger partial charge in [-0.1, -0.05) is 31.5 Å². The molecular formula is C18H23ClN2O4. The number of likely N-dealkylation sites (N-methyl/N-ethyl adjacent to an activating group) is 1. The summed E-state index contributed by atoms with van der Waals surface area (Å²) in [6, 6.07) is 3.82. The molecule has 0 aromatic heterocycles. The van der Waals surface area contributed by atoms with Gasteiger partial charge in [-0.05, 0) is 31.8 Å². The lowest BCUT2D eigenvalue weighted by molar-refractivity contribution is -0.129. The molecule has 136 valence electrons. The molecule has 1 aromatic rings. The molecule has 6 nitrogen and oxygen atoms in total. The lowest BCUT2D eigenvalue weighted by Gasteiger charge is -2.28. The highest BCUT2D eigenvalue weighted by molar-refractivity contribution is 6.32. The topological polar surface area (TPSA) is 81.1 Å². The number of aliphatic hydroxyl groups excluding tert-OH is 1. The zero-order valence-electron chi connectivity index (χ0n) is 14.8. The summed E-state index contributed by atoms with van der Waals surface area (Å²) in [4.78, 5) is 28.6. The molecule has 1 aromatic carbocycles. The number of amides is 1. The number of carbonyl (C=O) groups excluding carboxylic acids is 2. The first kappa shape index (κ1) is 19.3. The molecule has 2 N–H and O–H groups in total. The van der Waals surface area contributed by atoms with Crippen molar-refractivity contribution in [3.8, 4) is 5.75 Å². The maximum absolute atomic E-state index is 12.6. The van der Waals surface area contributed by atoms with E-state index in [1.807, 2.05) is 19.0 Å². The number of phenols is 1. The van der Waals surface area contributed by atoms with Crippen LogP contribution < -0.4 is 0 Å². The Labute approximate surface area is 152 Å². The molecule has 2 rings (SSSR count). The third-order valence-electron chi connectivity index (χ3n) is 4.17. The van der Waals surface area contributed by atoms with Crippen molar-refractivity contribution in [3.63, 3.8) is 0 Å². The van der Waals surface area contributed by atoms with E-state index in [1.54, 1.807) is 19.9 Å². The summed E-state index contributed by atoms with van der Waals surface area (Å²) in [6.07, 6.45) is 0. The molecule has 25 heavy (non-hydrogen) atoms. The highest BCUT2D eigenvalue weighted by atomic mass is 35.5. The quantitative estimate of drug-likeness (QED) is 0.808. The Balaban J connectivity index is 2.53. The number of halogens is 1. The second-order valence-electron chi connectivity index (χ2n) is 6.70. The number of hydrogen-bond acceptors (Lipinski definition) is 5. The maximum Gasteiger partial charge on any atom is 0.290 e. The van der Waals surface area contributed by atoms with Gasteiger partial charge in [0.1, 0.15) is 5.75 Å². The molecule has 1 aliphatic rings. The molecule has 0 saturated carbocycles. The number of Topliss-reactive ketones (excluding diaryl/α,β-unsaturated/α-hetero) is 1. The van der Waals surface area contributed by atoms with Crippen LogP contribution in [0.15, 0.2) is 29.5 Å². The fourth-order valence-electron chi connectivity index (χ4n) is 2.79. The van der Waals surface area contributed by atoms with Crippen LogP contribution in [0.4, 0.5) is 0 Å². The molecule has 0 bridgehead atoms. The Hall–Kier alpha value is -2.05. The molecule has 1 aliphatic heterocycles. The monoisotopic (exact) mass is 366 g/mol. The molecular weight excluding hydrogens is 344 g/mol. The van der Waals surface area contributed by atoms with Crippen LogP contribution in [0.1, 0.15) is 25.5 Å². The van der Waals surface area contributed by atoms with Crippen LogP contribution in [0.25, 0.3) is 0 Å². The van der Waals surface area contributed by atoms with Crippen molar-refractivity contribution >= 4 is 23.3 Å². The van der Waals surface area contributed by atoms with E-state index in [0.717, 1.165) is 0 Å². The summed E-state index contributed by atoms with van der Waals surface area (Å²) in [7, 11) is 3.75. The van der Waals surface area contributed by atoms with E-state index < -0.39 is 17.7 Å². The van der Waals surface area contributed by atoms with Gasteiger partial charge in [0.25, 0.3) is 5.91 Å². The molecule has 7 heteroatoms. The summed E-state index contributed by atoms with van der Waals surface area (Å²) in [5.41, 5.74) is 0.656. The van der Waals surface area contributed by atoms with Crippen molar-refractivity contribution in [2.24, 2.45) is 5.92 Å². The lowest BCUT2D eigenvalue weighted by Crippen LogP contribution is -2.36. The van der Waals surface area contributed by atoms with Crippen LogP contribution in [-0.4, -0.2) is 58.9 Å². The minimum Gasteiger partial charge on any atom is -0.506 e. The Morgan fingerprint density at radius 2 is 1.96 bits per heavy atom. The summed E-state index contributed by atoms with van der Waals surface area (Å²) in [6.45, 7) is 4.35. The summed E-state index contributed by atoms with van der Waals surface area (Å²) in [5.74, 6) is -1.81.